The van der Waals surface area contributed by atoms with Gasteiger partial charge >= 0.3 is 0 Å². The van der Waals surface area contributed by atoms with Gasteiger partial charge in [0.1, 0.15) is 12.1 Å². The Labute approximate surface area is 116 Å². The molecule has 3 rings (SSSR count). The Kier molecular flexibility index (Phi) is 3.31. The summed E-state index contributed by atoms with van der Waals surface area (Å²) in [6.07, 6.45) is 0. The van der Waals surface area contributed by atoms with E-state index in [9.17, 15) is 9.59 Å². The topological polar surface area (TPSA) is 58.2 Å². The van der Waals surface area contributed by atoms with Crippen LogP contribution in [-0.2, 0) is 9.59 Å². The van der Waals surface area contributed by atoms with Gasteiger partial charge in [-0.3, -0.25) is 20.2 Å². The fourth-order valence-corrected chi connectivity index (χ4v) is 2.37. The molecule has 1 heterocycles. The molecule has 2 atom stereocenters. The molecule has 0 unspecified atom stereocenters. The summed E-state index contributed by atoms with van der Waals surface area (Å²) in [7, 11) is 0. The third kappa shape index (κ3) is 2.33. The van der Waals surface area contributed by atoms with E-state index in [-0.39, 0.29) is 11.8 Å². The first-order valence-corrected chi connectivity index (χ1v) is 6.46. The van der Waals surface area contributed by atoms with Gasteiger partial charge < -0.3 is 0 Å². The summed E-state index contributed by atoms with van der Waals surface area (Å²) in [5.74, 6) is -0.623. The first kappa shape index (κ1) is 12.6. The van der Waals surface area contributed by atoms with Gasteiger partial charge in [-0.25, -0.2) is 0 Å². The largest absolute Gasteiger partial charge is 0.293 e. The SMILES string of the molecule is O=C1NC(=O)[C@@H](c2ccccc2)N[C@H]1c1ccccc1. The van der Waals surface area contributed by atoms with E-state index in [0.717, 1.165) is 11.1 Å². The van der Waals surface area contributed by atoms with Gasteiger partial charge in [0, 0.05) is 0 Å². The van der Waals surface area contributed by atoms with Gasteiger partial charge in [0.15, 0.2) is 0 Å². The Bertz CT molecular complexity index is 570. The van der Waals surface area contributed by atoms with Gasteiger partial charge in [0.25, 0.3) is 0 Å². The minimum atomic E-state index is -0.515. The third-order valence-electron chi connectivity index (χ3n) is 3.37. The van der Waals surface area contributed by atoms with Gasteiger partial charge in [-0.05, 0) is 11.1 Å². The fourth-order valence-electron chi connectivity index (χ4n) is 2.37. The smallest absolute Gasteiger partial charge is 0.248 e. The van der Waals surface area contributed by atoms with Crippen molar-refractivity contribution in [1.82, 2.24) is 10.6 Å². The Morgan fingerprint density at radius 1 is 0.650 bits per heavy atom. The van der Waals surface area contributed by atoms with Crippen molar-refractivity contribution in [2.45, 2.75) is 12.1 Å². The van der Waals surface area contributed by atoms with E-state index in [2.05, 4.69) is 10.6 Å². The first-order valence-electron chi connectivity index (χ1n) is 6.46. The van der Waals surface area contributed by atoms with Crippen molar-refractivity contribution in [3.63, 3.8) is 0 Å². The number of piperazine rings is 1. The molecule has 100 valence electrons. The van der Waals surface area contributed by atoms with Gasteiger partial charge in [-0.1, -0.05) is 60.7 Å². The molecule has 4 nitrogen and oxygen atoms in total. The van der Waals surface area contributed by atoms with Crippen molar-refractivity contribution in [1.29, 1.82) is 0 Å². The van der Waals surface area contributed by atoms with Crippen LogP contribution in [0.5, 0.6) is 0 Å². The van der Waals surface area contributed by atoms with Crippen LogP contribution in [0.4, 0.5) is 0 Å². The maximum Gasteiger partial charge on any atom is 0.248 e. The minimum absolute atomic E-state index is 0.312. The lowest BCUT2D eigenvalue weighted by atomic mass is 9.98. The van der Waals surface area contributed by atoms with E-state index < -0.39 is 12.1 Å². The Balaban J connectivity index is 1.91. The number of carbonyl (C=O) groups is 2. The van der Waals surface area contributed by atoms with E-state index in [1.165, 1.54) is 0 Å². The number of hydrogen-bond acceptors (Lipinski definition) is 3. The third-order valence-corrected chi connectivity index (χ3v) is 3.37. The van der Waals surface area contributed by atoms with E-state index >= 15 is 0 Å². The van der Waals surface area contributed by atoms with Crippen LogP contribution in [0.3, 0.4) is 0 Å². The molecule has 0 bridgehead atoms. The average Bonchev–Trinajstić information content (AvgIpc) is 2.49. The van der Waals surface area contributed by atoms with Crippen molar-refractivity contribution < 1.29 is 9.59 Å². The van der Waals surface area contributed by atoms with Gasteiger partial charge in [0.2, 0.25) is 11.8 Å². The number of imide groups is 1. The zero-order chi connectivity index (χ0) is 13.9. The molecule has 4 heteroatoms. The molecule has 2 N–H and O–H groups in total. The molecule has 1 aliphatic heterocycles. The van der Waals surface area contributed by atoms with Crippen LogP contribution in [0.25, 0.3) is 0 Å². The highest BCUT2D eigenvalue weighted by molar-refractivity contribution is 6.03. The number of carbonyl (C=O) groups excluding carboxylic acids is 2. The average molecular weight is 266 g/mol. The predicted octanol–water partition coefficient (Wildman–Crippen LogP) is 1.71. The van der Waals surface area contributed by atoms with Crippen LogP contribution in [0.1, 0.15) is 23.2 Å². The molecule has 2 aromatic carbocycles. The van der Waals surface area contributed by atoms with Crippen LogP contribution < -0.4 is 10.6 Å². The summed E-state index contributed by atoms with van der Waals surface area (Å²) < 4.78 is 0. The molecule has 0 aliphatic carbocycles. The predicted molar refractivity (Wildman–Crippen MR) is 74.7 cm³/mol. The molecule has 20 heavy (non-hydrogen) atoms. The van der Waals surface area contributed by atoms with E-state index in [0.29, 0.717) is 0 Å². The second-order valence-electron chi connectivity index (χ2n) is 4.71. The standard InChI is InChI=1S/C16H14N2O2/c19-15-13(11-7-3-1-4-8-11)17-14(16(20)18-15)12-9-5-2-6-10-12/h1-10,13-14,17H,(H,18,19,20)/t13-,14+. The van der Waals surface area contributed by atoms with Gasteiger partial charge in [-0.2, -0.15) is 0 Å². The zero-order valence-electron chi connectivity index (χ0n) is 10.7. The Morgan fingerprint density at radius 3 is 1.45 bits per heavy atom. The Hall–Kier alpha value is -2.46. The number of nitrogens with one attached hydrogen (secondary N) is 2. The molecular weight excluding hydrogens is 252 g/mol. The summed E-state index contributed by atoms with van der Waals surface area (Å²) >= 11 is 0. The molecule has 0 aromatic heterocycles. The molecule has 1 saturated heterocycles. The lowest BCUT2D eigenvalue weighted by molar-refractivity contribution is -0.137. The molecular formula is C16H14N2O2. The highest BCUT2D eigenvalue weighted by Gasteiger charge is 2.35. The molecule has 2 amide bonds. The van der Waals surface area contributed by atoms with Crippen LogP contribution >= 0.6 is 0 Å². The fraction of sp³-hybridized carbons (Fsp3) is 0.125. The molecule has 1 aliphatic rings. The number of benzene rings is 2. The molecule has 0 saturated carbocycles. The number of hydrogen-bond donors (Lipinski definition) is 2. The summed E-state index contributed by atoms with van der Waals surface area (Å²) in [4.78, 5) is 24.0. The van der Waals surface area contributed by atoms with E-state index in [1.807, 2.05) is 60.7 Å². The lowest BCUT2D eigenvalue weighted by Crippen LogP contribution is -2.52. The lowest BCUT2D eigenvalue weighted by Gasteiger charge is -2.30. The van der Waals surface area contributed by atoms with Crippen molar-refractivity contribution >= 4 is 11.8 Å². The maximum absolute atomic E-state index is 12.0. The second-order valence-corrected chi connectivity index (χ2v) is 4.71. The highest BCUT2D eigenvalue weighted by atomic mass is 16.2. The quantitative estimate of drug-likeness (QED) is 0.814. The molecule has 0 radical (unpaired) electrons. The molecule has 1 fully saturated rings. The van der Waals surface area contributed by atoms with Crippen LogP contribution in [0.2, 0.25) is 0 Å². The maximum atomic E-state index is 12.0. The van der Waals surface area contributed by atoms with Crippen molar-refractivity contribution in [3.8, 4) is 0 Å². The number of amides is 2. The van der Waals surface area contributed by atoms with Crippen LogP contribution in [-0.4, -0.2) is 11.8 Å². The van der Waals surface area contributed by atoms with E-state index in [4.69, 9.17) is 0 Å². The van der Waals surface area contributed by atoms with Gasteiger partial charge in [0.05, 0.1) is 0 Å². The van der Waals surface area contributed by atoms with E-state index in [1.54, 1.807) is 0 Å². The minimum Gasteiger partial charge on any atom is -0.293 e. The second kappa shape index (κ2) is 5.27. The first-order chi connectivity index (χ1) is 9.75. The highest BCUT2D eigenvalue weighted by Crippen LogP contribution is 2.23. The summed E-state index contributed by atoms with van der Waals surface area (Å²) in [6, 6.07) is 17.7. The zero-order valence-corrected chi connectivity index (χ0v) is 10.7. The van der Waals surface area contributed by atoms with Crippen molar-refractivity contribution in [3.05, 3.63) is 71.8 Å². The Morgan fingerprint density at radius 2 is 1.05 bits per heavy atom. The van der Waals surface area contributed by atoms with Crippen molar-refractivity contribution in [2.24, 2.45) is 0 Å². The monoisotopic (exact) mass is 266 g/mol. The normalized spacial score (nSPS) is 22.4. The van der Waals surface area contributed by atoms with Crippen molar-refractivity contribution in [2.75, 3.05) is 0 Å². The van der Waals surface area contributed by atoms with Crippen LogP contribution in [0.15, 0.2) is 60.7 Å². The number of rotatable bonds is 2. The summed E-state index contributed by atoms with van der Waals surface area (Å²) in [5, 5.41) is 5.56. The summed E-state index contributed by atoms with van der Waals surface area (Å²) in [6.45, 7) is 0. The molecule has 2 aromatic rings. The summed E-state index contributed by atoms with van der Waals surface area (Å²) in [5.41, 5.74) is 1.69. The van der Waals surface area contributed by atoms with Gasteiger partial charge in [-0.15, -0.1) is 0 Å². The molecule has 0 spiro atoms. The van der Waals surface area contributed by atoms with Crippen LogP contribution in [0, 0.1) is 0 Å².